The Hall–Kier alpha value is -1.61. The molecule has 3 heterocycles. The Bertz CT molecular complexity index is 1080. The number of aryl methyl sites for hydroxylation is 1. The van der Waals surface area contributed by atoms with Crippen molar-refractivity contribution in [2.24, 2.45) is 0 Å². The average molecular weight is 451 g/mol. The van der Waals surface area contributed by atoms with Gasteiger partial charge in [-0.25, -0.2) is 4.98 Å². The van der Waals surface area contributed by atoms with Crippen LogP contribution in [0.1, 0.15) is 17.0 Å². The Kier molecular flexibility index (Phi) is 6.44. The van der Waals surface area contributed by atoms with Crippen molar-refractivity contribution in [1.82, 2.24) is 14.5 Å². The lowest BCUT2D eigenvalue weighted by Gasteiger charge is -2.25. The molecule has 6 nitrogen and oxygen atoms in total. The molecule has 0 N–H and O–H groups in total. The van der Waals surface area contributed by atoms with Crippen LogP contribution < -0.4 is 10.5 Å². The maximum Gasteiger partial charge on any atom is 0.292 e. The number of hydrogen-bond donors (Lipinski definition) is 0. The van der Waals surface area contributed by atoms with E-state index >= 15 is 0 Å². The molecule has 1 fully saturated rings. The van der Waals surface area contributed by atoms with Gasteiger partial charge in [-0.1, -0.05) is 35.1 Å². The van der Waals surface area contributed by atoms with E-state index in [1.165, 1.54) is 11.3 Å². The van der Waals surface area contributed by atoms with Crippen LogP contribution in [0.2, 0.25) is 5.02 Å². The molecule has 29 heavy (non-hydrogen) atoms. The summed E-state index contributed by atoms with van der Waals surface area (Å²) < 4.78 is 8.15. The molecule has 0 saturated carbocycles. The zero-order chi connectivity index (χ0) is 20.4. The topological polar surface area (TPSA) is 60.3 Å². The Morgan fingerprint density at radius 3 is 2.83 bits per heavy atom. The van der Waals surface area contributed by atoms with E-state index in [0.29, 0.717) is 30.1 Å². The van der Waals surface area contributed by atoms with Gasteiger partial charge in [-0.2, -0.15) is 16.7 Å². The number of ether oxygens (including phenoxy) is 1. The third-order valence-corrected chi connectivity index (χ3v) is 7.23. The highest BCUT2D eigenvalue weighted by molar-refractivity contribution is 7.98. The maximum absolute atomic E-state index is 12.8. The molecular weight excluding hydrogens is 428 g/mol. The summed E-state index contributed by atoms with van der Waals surface area (Å²) in [5.74, 6) is 1.67. The van der Waals surface area contributed by atoms with E-state index in [1.54, 1.807) is 11.8 Å². The van der Waals surface area contributed by atoms with Crippen molar-refractivity contribution < 1.29 is 4.74 Å². The Morgan fingerprint density at radius 2 is 2.07 bits per heavy atom. The van der Waals surface area contributed by atoms with Crippen molar-refractivity contribution >= 4 is 50.2 Å². The normalized spacial score (nSPS) is 14.7. The minimum absolute atomic E-state index is 0.188. The molecule has 9 heteroatoms. The van der Waals surface area contributed by atoms with Gasteiger partial charge in [0.2, 0.25) is 0 Å². The summed E-state index contributed by atoms with van der Waals surface area (Å²) in [4.78, 5) is 24.3. The minimum atomic E-state index is -0.188. The first kappa shape index (κ1) is 20.7. The smallest absolute Gasteiger partial charge is 0.292 e. The van der Waals surface area contributed by atoms with Crippen LogP contribution in [0.5, 0.6) is 0 Å². The molecule has 0 aliphatic carbocycles. The highest BCUT2D eigenvalue weighted by Gasteiger charge is 2.21. The maximum atomic E-state index is 12.8. The lowest BCUT2D eigenvalue weighted by molar-refractivity contribution is 0.122. The van der Waals surface area contributed by atoms with Crippen LogP contribution in [0, 0.1) is 6.92 Å². The zero-order valence-electron chi connectivity index (χ0n) is 16.5. The van der Waals surface area contributed by atoms with Crippen molar-refractivity contribution in [2.45, 2.75) is 19.9 Å². The third kappa shape index (κ3) is 4.30. The van der Waals surface area contributed by atoms with Crippen LogP contribution in [0.3, 0.4) is 0 Å². The first-order valence-corrected chi connectivity index (χ1v) is 12.1. The van der Waals surface area contributed by atoms with E-state index in [-0.39, 0.29) is 5.56 Å². The number of thiazole rings is 1. The van der Waals surface area contributed by atoms with Gasteiger partial charge >= 0.3 is 0 Å². The molecule has 1 aromatic carbocycles. The monoisotopic (exact) mass is 450 g/mol. The average Bonchev–Trinajstić information content (AvgIpc) is 3.19. The van der Waals surface area contributed by atoms with Crippen molar-refractivity contribution in [3.05, 3.63) is 50.5 Å². The fraction of sp³-hybridized carbons (Fsp3) is 0.450. The first-order valence-electron chi connectivity index (χ1n) is 9.54. The number of morpholine rings is 1. The number of rotatable bonds is 6. The van der Waals surface area contributed by atoms with Gasteiger partial charge in [-0.3, -0.25) is 4.79 Å². The van der Waals surface area contributed by atoms with E-state index in [9.17, 15) is 4.79 Å². The van der Waals surface area contributed by atoms with Gasteiger partial charge < -0.3 is 14.2 Å². The molecular formula is C20H23ClN4O2S2. The SMILES string of the molecule is CSCCc1nc(=O)c2sc(N3CCOCC3)nc2n1Cc1cccc(Cl)c1C. The fourth-order valence-electron chi connectivity index (χ4n) is 3.41. The lowest BCUT2D eigenvalue weighted by atomic mass is 10.1. The van der Waals surface area contributed by atoms with E-state index in [2.05, 4.69) is 26.8 Å². The standard InChI is InChI=1S/C20H23ClN4O2S2/c1-13-14(4-3-5-15(13)21)12-25-16(6-11-28-2)22-19(26)17-18(25)23-20(29-17)24-7-9-27-10-8-24/h3-5H,6-12H2,1-2H3. The van der Waals surface area contributed by atoms with Gasteiger partial charge in [-0.05, 0) is 30.4 Å². The number of fused-ring (bicyclic) bond motifs is 1. The molecule has 1 saturated heterocycles. The molecule has 1 aliphatic rings. The number of benzene rings is 1. The molecule has 154 valence electrons. The van der Waals surface area contributed by atoms with Gasteiger partial charge in [0, 0.05) is 30.3 Å². The second-order valence-electron chi connectivity index (χ2n) is 6.93. The summed E-state index contributed by atoms with van der Waals surface area (Å²) in [7, 11) is 0. The van der Waals surface area contributed by atoms with Crippen LogP contribution in [-0.4, -0.2) is 52.8 Å². The van der Waals surface area contributed by atoms with Crippen molar-refractivity contribution in [1.29, 1.82) is 0 Å². The number of halogens is 1. The molecule has 3 aromatic rings. The first-order chi connectivity index (χ1) is 14.1. The highest BCUT2D eigenvalue weighted by Crippen LogP contribution is 2.29. The number of thioether (sulfide) groups is 1. The second-order valence-corrected chi connectivity index (χ2v) is 9.30. The predicted octanol–water partition coefficient (Wildman–Crippen LogP) is 3.61. The Morgan fingerprint density at radius 1 is 1.28 bits per heavy atom. The van der Waals surface area contributed by atoms with Gasteiger partial charge in [0.1, 0.15) is 10.5 Å². The van der Waals surface area contributed by atoms with E-state index in [1.807, 2.05) is 19.1 Å². The molecule has 0 unspecified atom stereocenters. The number of anilines is 1. The summed E-state index contributed by atoms with van der Waals surface area (Å²) in [6, 6.07) is 5.92. The zero-order valence-corrected chi connectivity index (χ0v) is 18.9. The summed E-state index contributed by atoms with van der Waals surface area (Å²) >= 11 is 9.51. The van der Waals surface area contributed by atoms with Gasteiger partial charge in [-0.15, -0.1) is 0 Å². The molecule has 0 spiro atoms. The molecule has 0 amide bonds. The molecule has 4 rings (SSSR count). The predicted molar refractivity (Wildman–Crippen MR) is 122 cm³/mol. The summed E-state index contributed by atoms with van der Waals surface area (Å²) in [6.07, 6.45) is 2.78. The largest absolute Gasteiger partial charge is 0.378 e. The van der Waals surface area contributed by atoms with Gasteiger partial charge in [0.15, 0.2) is 10.8 Å². The Balaban J connectivity index is 1.83. The Labute approximate surface area is 182 Å². The lowest BCUT2D eigenvalue weighted by Crippen LogP contribution is -2.36. The molecule has 1 aliphatic heterocycles. The number of nitrogens with zero attached hydrogens (tertiary/aromatic N) is 4. The summed E-state index contributed by atoms with van der Waals surface area (Å²) in [5.41, 5.74) is 2.68. The van der Waals surface area contributed by atoms with Crippen LogP contribution in [0.4, 0.5) is 5.13 Å². The van der Waals surface area contributed by atoms with Gasteiger partial charge in [0.05, 0.1) is 19.8 Å². The van der Waals surface area contributed by atoms with E-state index in [0.717, 1.165) is 52.4 Å². The van der Waals surface area contributed by atoms with Gasteiger partial charge in [0.25, 0.3) is 5.56 Å². The number of aromatic nitrogens is 3. The van der Waals surface area contributed by atoms with Crippen LogP contribution in [-0.2, 0) is 17.7 Å². The van der Waals surface area contributed by atoms with E-state index in [4.69, 9.17) is 21.3 Å². The van der Waals surface area contributed by atoms with Crippen molar-refractivity contribution in [3.8, 4) is 0 Å². The number of hydrogen-bond acceptors (Lipinski definition) is 7. The summed E-state index contributed by atoms with van der Waals surface area (Å²) in [5, 5.41) is 1.60. The van der Waals surface area contributed by atoms with E-state index < -0.39 is 0 Å². The molecule has 0 bridgehead atoms. The molecule has 0 radical (unpaired) electrons. The molecule has 0 atom stereocenters. The summed E-state index contributed by atoms with van der Waals surface area (Å²) in [6.45, 7) is 5.54. The highest BCUT2D eigenvalue weighted by atomic mass is 35.5. The quantitative estimate of drug-likeness (QED) is 0.571. The minimum Gasteiger partial charge on any atom is -0.378 e. The van der Waals surface area contributed by atoms with Crippen molar-refractivity contribution in [3.63, 3.8) is 0 Å². The molecule has 2 aromatic heterocycles. The second kappa shape index (κ2) is 9.04. The van der Waals surface area contributed by atoms with Crippen LogP contribution in [0.15, 0.2) is 23.0 Å². The van der Waals surface area contributed by atoms with Crippen molar-refractivity contribution in [2.75, 3.05) is 43.2 Å². The third-order valence-electron chi connectivity index (χ3n) is 5.11. The van der Waals surface area contributed by atoms with Crippen LogP contribution in [0.25, 0.3) is 10.3 Å². The van der Waals surface area contributed by atoms with Crippen LogP contribution >= 0.6 is 34.7 Å². The fourth-order valence-corrected chi connectivity index (χ4v) is 5.00.